The molecule has 0 unspecified atom stereocenters. The number of amides is 1. The summed E-state index contributed by atoms with van der Waals surface area (Å²) in [6.07, 6.45) is 2.61. The zero-order valence-corrected chi connectivity index (χ0v) is 17.8. The van der Waals surface area contributed by atoms with Crippen LogP contribution < -0.4 is 5.32 Å². The van der Waals surface area contributed by atoms with E-state index in [-0.39, 0.29) is 11.7 Å². The molecule has 9 heteroatoms. The Morgan fingerprint density at radius 2 is 2.19 bits per heavy atom. The summed E-state index contributed by atoms with van der Waals surface area (Å²) in [7, 11) is 1.93. The first-order valence-electron chi connectivity index (χ1n) is 8.00. The number of carbonyl (C=O) groups excluding carboxylic acids is 1. The summed E-state index contributed by atoms with van der Waals surface area (Å²) in [4.78, 5) is 17.6. The smallest absolute Gasteiger partial charge is 0.236 e. The fourth-order valence-corrected chi connectivity index (χ4v) is 4.42. The molecule has 3 rings (SSSR count). The largest absolute Gasteiger partial charge is 0.310 e. The lowest BCUT2D eigenvalue weighted by Gasteiger charge is -2.06. The number of nitrogens with one attached hydrogen (secondary N) is 1. The minimum absolute atomic E-state index is 0.130. The third-order valence-electron chi connectivity index (χ3n) is 3.86. The SMILES string of the molecule is CCc1c(-c2nnc(SCC(=O)Nc3ccc(Br)cn3)n2C)csc1C. The molecule has 0 aromatic carbocycles. The maximum absolute atomic E-state index is 12.1. The van der Waals surface area contributed by atoms with Crippen molar-refractivity contribution < 1.29 is 4.79 Å². The third kappa shape index (κ3) is 4.16. The molecule has 136 valence electrons. The maximum Gasteiger partial charge on any atom is 0.236 e. The van der Waals surface area contributed by atoms with Gasteiger partial charge in [0.15, 0.2) is 11.0 Å². The van der Waals surface area contributed by atoms with Crippen molar-refractivity contribution in [3.8, 4) is 11.4 Å². The molecule has 0 saturated heterocycles. The van der Waals surface area contributed by atoms with E-state index in [1.807, 2.05) is 17.7 Å². The molecule has 3 aromatic heterocycles. The fraction of sp³-hybridized carbons (Fsp3) is 0.294. The second-order valence-corrected chi connectivity index (χ2v) is 8.54. The Bertz CT molecular complexity index is 920. The van der Waals surface area contributed by atoms with Crippen LogP contribution >= 0.6 is 39.0 Å². The van der Waals surface area contributed by atoms with Crippen molar-refractivity contribution >= 4 is 50.8 Å². The van der Waals surface area contributed by atoms with Gasteiger partial charge < -0.3 is 9.88 Å². The van der Waals surface area contributed by atoms with Gasteiger partial charge >= 0.3 is 0 Å². The van der Waals surface area contributed by atoms with Crippen molar-refractivity contribution in [3.63, 3.8) is 0 Å². The fourth-order valence-electron chi connectivity index (χ4n) is 2.54. The van der Waals surface area contributed by atoms with Crippen LogP contribution in [0.15, 0.2) is 33.3 Å². The minimum Gasteiger partial charge on any atom is -0.310 e. The summed E-state index contributed by atoms with van der Waals surface area (Å²) in [5, 5.41) is 14.2. The number of pyridine rings is 1. The predicted molar refractivity (Wildman–Crippen MR) is 110 cm³/mol. The highest BCUT2D eigenvalue weighted by molar-refractivity contribution is 9.10. The van der Waals surface area contributed by atoms with Crippen LogP contribution in [0.5, 0.6) is 0 Å². The van der Waals surface area contributed by atoms with E-state index >= 15 is 0 Å². The quantitative estimate of drug-likeness (QED) is 0.565. The van der Waals surface area contributed by atoms with Crippen LogP contribution in [0.2, 0.25) is 0 Å². The summed E-state index contributed by atoms with van der Waals surface area (Å²) in [6.45, 7) is 4.27. The number of thioether (sulfide) groups is 1. The van der Waals surface area contributed by atoms with Gasteiger partial charge in [-0.2, -0.15) is 0 Å². The number of anilines is 1. The van der Waals surface area contributed by atoms with Gasteiger partial charge in [0, 0.05) is 33.5 Å². The van der Waals surface area contributed by atoms with Crippen molar-refractivity contribution in [2.45, 2.75) is 25.4 Å². The molecule has 1 amide bonds. The highest BCUT2D eigenvalue weighted by Crippen LogP contribution is 2.31. The number of carbonyl (C=O) groups is 1. The first-order chi connectivity index (χ1) is 12.5. The monoisotopic (exact) mass is 451 g/mol. The number of aryl methyl sites for hydroxylation is 1. The van der Waals surface area contributed by atoms with Crippen molar-refractivity contribution in [2.24, 2.45) is 7.05 Å². The van der Waals surface area contributed by atoms with Crippen LogP contribution in [0.4, 0.5) is 5.82 Å². The van der Waals surface area contributed by atoms with E-state index in [9.17, 15) is 4.79 Å². The molecule has 0 aliphatic carbocycles. The van der Waals surface area contributed by atoms with Gasteiger partial charge in [0.25, 0.3) is 0 Å². The minimum atomic E-state index is -0.130. The van der Waals surface area contributed by atoms with Gasteiger partial charge in [-0.1, -0.05) is 18.7 Å². The molecule has 0 saturated carbocycles. The molecule has 0 radical (unpaired) electrons. The van der Waals surface area contributed by atoms with E-state index in [2.05, 4.69) is 55.7 Å². The zero-order valence-electron chi connectivity index (χ0n) is 14.6. The molecular weight excluding hydrogens is 434 g/mol. The number of rotatable bonds is 6. The number of hydrogen-bond donors (Lipinski definition) is 1. The van der Waals surface area contributed by atoms with Crippen LogP contribution in [0, 0.1) is 6.92 Å². The van der Waals surface area contributed by atoms with Gasteiger partial charge in [0.2, 0.25) is 5.91 Å². The number of nitrogens with zero attached hydrogens (tertiary/aromatic N) is 4. The van der Waals surface area contributed by atoms with Crippen LogP contribution in [-0.2, 0) is 18.3 Å². The van der Waals surface area contributed by atoms with Gasteiger partial charge in [-0.3, -0.25) is 4.79 Å². The van der Waals surface area contributed by atoms with Crippen molar-refractivity contribution in [3.05, 3.63) is 38.6 Å². The Balaban J connectivity index is 1.66. The Morgan fingerprint density at radius 3 is 2.88 bits per heavy atom. The predicted octanol–water partition coefficient (Wildman–Crippen LogP) is 4.30. The van der Waals surface area contributed by atoms with E-state index in [1.54, 1.807) is 23.6 Å². The lowest BCUT2D eigenvalue weighted by molar-refractivity contribution is -0.113. The Morgan fingerprint density at radius 1 is 1.38 bits per heavy atom. The average Bonchev–Trinajstić information content (AvgIpc) is 3.17. The third-order valence-corrected chi connectivity index (χ3v) is 6.30. The van der Waals surface area contributed by atoms with Crippen molar-refractivity contribution in [1.29, 1.82) is 0 Å². The Kier molecular flexibility index (Phi) is 6.10. The highest BCUT2D eigenvalue weighted by Gasteiger charge is 2.17. The lowest BCUT2D eigenvalue weighted by atomic mass is 10.1. The van der Waals surface area contributed by atoms with Crippen molar-refractivity contribution in [1.82, 2.24) is 19.7 Å². The molecule has 0 fully saturated rings. The van der Waals surface area contributed by atoms with E-state index < -0.39 is 0 Å². The molecule has 26 heavy (non-hydrogen) atoms. The lowest BCUT2D eigenvalue weighted by Crippen LogP contribution is -2.15. The molecule has 0 spiro atoms. The number of hydrogen-bond acceptors (Lipinski definition) is 6. The van der Waals surface area contributed by atoms with Crippen molar-refractivity contribution in [2.75, 3.05) is 11.1 Å². The number of aromatic nitrogens is 4. The molecule has 6 nitrogen and oxygen atoms in total. The molecule has 0 bridgehead atoms. The molecule has 0 aliphatic rings. The summed E-state index contributed by atoms with van der Waals surface area (Å²) in [6, 6.07) is 3.58. The summed E-state index contributed by atoms with van der Waals surface area (Å²) < 4.78 is 2.81. The van der Waals surface area contributed by atoms with Crippen LogP contribution in [0.3, 0.4) is 0 Å². The molecule has 1 N–H and O–H groups in total. The van der Waals surface area contributed by atoms with Gasteiger partial charge in [-0.05, 0) is 47.0 Å². The van der Waals surface area contributed by atoms with E-state index in [4.69, 9.17) is 0 Å². The van der Waals surface area contributed by atoms with Gasteiger partial charge in [0.1, 0.15) is 5.82 Å². The molecule has 0 atom stereocenters. The number of halogens is 1. The topological polar surface area (TPSA) is 72.7 Å². The average molecular weight is 452 g/mol. The van der Waals surface area contributed by atoms with Crippen LogP contribution in [-0.4, -0.2) is 31.4 Å². The van der Waals surface area contributed by atoms with Gasteiger partial charge in [0.05, 0.1) is 5.75 Å². The maximum atomic E-state index is 12.1. The first kappa shape index (κ1) is 19.1. The zero-order chi connectivity index (χ0) is 18.7. The molecule has 3 aromatic rings. The summed E-state index contributed by atoms with van der Waals surface area (Å²) in [5.41, 5.74) is 2.43. The van der Waals surface area contributed by atoms with E-state index in [0.717, 1.165) is 22.3 Å². The van der Waals surface area contributed by atoms with Gasteiger partial charge in [-0.15, -0.1) is 21.5 Å². The molecule has 3 heterocycles. The summed E-state index contributed by atoms with van der Waals surface area (Å²) in [5.74, 6) is 1.48. The number of thiophene rings is 1. The Hall–Kier alpha value is -1.71. The normalized spacial score (nSPS) is 10.9. The molecular formula is C17H18BrN5OS2. The second-order valence-electron chi connectivity index (χ2n) is 5.60. The Labute approximate surface area is 168 Å². The van der Waals surface area contributed by atoms with Gasteiger partial charge in [-0.25, -0.2) is 4.98 Å². The molecule has 0 aliphatic heterocycles. The van der Waals surface area contributed by atoms with Crippen LogP contribution in [0.25, 0.3) is 11.4 Å². The highest BCUT2D eigenvalue weighted by atomic mass is 79.9. The standard InChI is InChI=1S/C17H18BrN5OS2/c1-4-12-10(2)25-8-13(12)16-21-22-17(23(16)3)26-9-15(24)20-14-6-5-11(18)7-19-14/h5-8H,4,9H2,1-3H3,(H,19,20,24). The van der Waals surface area contributed by atoms with E-state index in [0.29, 0.717) is 11.0 Å². The summed E-state index contributed by atoms with van der Waals surface area (Å²) >= 11 is 6.40. The van der Waals surface area contributed by atoms with E-state index in [1.165, 1.54) is 22.2 Å². The second kappa shape index (κ2) is 8.32. The first-order valence-corrected chi connectivity index (χ1v) is 10.7. The van der Waals surface area contributed by atoms with Crippen LogP contribution in [0.1, 0.15) is 17.4 Å².